The van der Waals surface area contributed by atoms with Gasteiger partial charge in [-0.15, -0.1) is 0 Å². The summed E-state index contributed by atoms with van der Waals surface area (Å²) in [5, 5.41) is 16.2. The fraction of sp³-hybridized carbons (Fsp3) is 0.455. The van der Waals surface area contributed by atoms with Gasteiger partial charge in [0.05, 0.1) is 0 Å². The molecule has 0 saturated carbocycles. The number of aliphatic hydroxyl groups excluding tert-OH is 1. The van der Waals surface area contributed by atoms with Gasteiger partial charge >= 0.3 is 0 Å². The molecule has 0 unspecified atom stereocenters. The number of hydrogen-bond donors (Lipinski definition) is 2. The third kappa shape index (κ3) is 3.62. The van der Waals surface area contributed by atoms with Crippen LogP contribution in [0.5, 0.6) is 0 Å². The lowest BCUT2D eigenvalue weighted by atomic mass is 10.0. The number of rotatable bonds is 5. The Morgan fingerprint density at radius 2 is 2.16 bits per heavy atom. The SMILES string of the molecule is CC(C)(CCO)Nc1nc(Cl)nc(-n2cccn2)n1. The van der Waals surface area contributed by atoms with Crippen molar-refractivity contribution in [3.63, 3.8) is 0 Å². The van der Waals surface area contributed by atoms with Gasteiger partial charge < -0.3 is 10.4 Å². The minimum Gasteiger partial charge on any atom is -0.396 e. The Morgan fingerprint density at radius 3 is 2.79 bits per heavy atom. The van der Waals surface area contributed by atoms with E-state index in [1.54, 1.807) is 18.5 Å². The number of nitrogens with one attached hydrogen (secondary N) is 1. The van der Waals surface area contributed by atoms with Crippen LogP contribution in [0.4, 0.5) is 5.95 Å². The van der Waals surface area contributed by atoms with Crippen LogP contribution in [0.2, 0.25) is 5.28 Å². The van der Waals surface area contributed by atoms with Crippen molar-refractivity contribution in [1.29, 1.82) is 0 Å². The first-order valence-electron chi connectivity index (χ1n) is 5.81. The summed E-state index contributed by atoms with van der Waals surface area (Å²) < 4.78 is 1.50. The lowest BCUT2D eigenvalue weighted by Gasteiger charge is -2.25. The molecule has 2 aromatic rings. The molecule has 2 aromatic heterocycles. The van der Waals surface area contributed by atoms with Crippen LogP contribution in [0.15, 0.2) is 18.5 Å². The highest BCUT2D eigenvalue weighted by atomic mass is 35.5. The molecule has 0 radical (unpaired) electrons. The van der Waals surface area contributed by atoms with Gasteiger partial charge in [0.15, 0.2) is 0 Å². The van der Waals surface area contributed by atoms with Crippen LogP contribution >= 0.6 is 11.6 Å². The van der Waals surface area contributed by atoms with Crippen LogP contribution in [-0.4, -0.2) is 42.0 Å². The molecular formula is C11H15ClN6O. The van der Waals surface area contributed by atoms with Gasteiger partial charge in [-0.2, -0.15) is 20.1 Å². The normalized spacial score (nSPS) is 11.6. The Hall–Kier alpha value is -1.73. The molecule has 2 heterocycles. The highest BCUT2D eigenvalue weighted by Crippen LogP contribution is 2.16. The van der Waals surface area contributed by atoms with Crippen molar-refractivity contribution < 1.29 is 5.11 Å². The Balaban J connectivity index is 2.27. The van der Waals surface area contributed by atoms with E-state index in [2.05, 4.69) is 25.4 Å². The summed E-state index contributed by atoms with van der Waals surface area (Å²) >= 11 is 5.88. The van der Waals surface area contributed by atoms with E-state index in [0.717, 1.165) is 0 Å². The first-order valence-corrected chi connectivity index (χ1v) is 6.19. The second kappa shape index (κ2) is 5.50. The van der Waals surface area contributed by atoms with E-state index >= 15 is 0 Å². The number of aromatic nitrogens is 5. The molecule has 0 aliphatic carbocycles. The summed E-state index contributed by atoms with van der Waals surface area (Å²) in [5.74, 6) is 0.691. The van der Waals surface area contributed by atoms with Crippen LogP contribution in [0.25, 0.3) is 5.95 Å². The number of anilines is 1. The predicted octanol–water partition coefficient (Wildman–Crippen LogP) is 1.28. The molecule has 102 valence electrons. The summed E-state index contributed by atoms with van der Waals surface area (Å²) in [7, 11) is 0. The molecule has 0 atom stereocenters. The minimum atomic E-state index is -0.346. The first kappa shape index (κ1) is 13.7. The van der Waals surface area contributed by atoms with Gasteiger partial charge in [-0.25, -0.2) is 4.68 Å². The summed E-state index contributed by atoms with van der Waals surface area (Å²) in [6.45, 7) is 3.95. The molecule has 0 amide bonds. The molecule has 0 aromatic carbocycles. The quantitative estimate of drug-likeness (QED) is 0.859. The zero-order chi connectivity index (χ0) is 13.9. The van der Waals surface area contributed by atoms with Gasteiger partial charge in [-0.3, -0.25) is 0 Å². The van der Waals surface area contributed by atoms with Crippen molar-refractivity contribution in [2.24, 2.45) is 0 Å². The highest BCUT2D eigenvalue weighted by Gasteiger charge is 2.19. The van der Waals surface area contributed by atoms with E-state index in [4.69, 9.17) is 16.7 Å². The highest BCUT2D eigenvalue weighted by molar-refractivity contribution is 6.28. The molecule has 0 saturated heterocycles. The Morgan fingerprint density at radius 1 is 1.37 bits per heavy atom. The topological polar surface area (TPSA) is 88.8 Å². The average Bonchev–Trinajstić information content (AvgIpc) is 2.80. The Kier molecular flexibility index (Phi) is 3.96. The van der Waals surface area contributed by atoms with Gasteiger partial charge in [0.1, 0.15) is 0 Å². The fourth-order valence-corrected chi connectivity index (χ4v) is 1.69. The van der Waals surface area contributed by atoms with Crippen molar-refractivity contribution in [3.05, 3.63) is 23.7 Å². The number of aliphatic hydroxyl groups is 1. The standard InChI is InChI=1S/C11H15ClN6O/c1-11(2,4-7-19)17-9-14-8(12)15-10(16-9)18-6-3-5-13-18/h3,5-6,19H,4,7H2,1-2H3,(H,14,15,16,17). The van der Waals surface area contributed by atoms with Crippen LogP contribution in [-0.2, 0) is 0 Å². The largest absolute Gasteiger partial charge is 0.396 e. The molecule has 0 bridgehead atoms. The van der Waals surface area contributed by atoms with Crippen LogP contribution in [0.3, 0.4) is 0 Å². The molecular weight excluding hydrogens is 268 g/mol. The van der Waals surface area contributed by atoms with Gasteiger partial charge in [0, 0.05) is 24.5 Å². The second-order valence-corrected chi connectivity index (χ2v) is 5.00. The van der Waals surface area contributed by atoms with Gasteiger partial charge in [-0.05, 0) is 37.9 Å². The zero-order valence-electron chi connectivity index (χ0n) is 10.7. The van der Waals surface area contributed by atoms with Gasteiger partial charge in [-0.1, -0.05) is 0 Å². The third-order valence-electron chi connectivity index (χ3n) is 2.49. The van der Waals surface area contributed by atoms with E-state index in [0.29, 0.717) is 18.3 Å². The van der Waals surface area contributed by atoms with Crippen LogP contribution in [0, 0.1) is 0 Å². The second-order valence-electron chi connectivity index (χ2n) is 4.66. The number of hydrogen-bond acceptors (Lipinski definition) is 6. The maximum Gasteiger partial charge on any atom is 0.256 e. The monoisotopic (exact) mass is 282 g/mol. The predicted molar refractivity (Wildman–Crippen MR) is 71.4 cm³/mol. The van der Waals surface area contributed by atoms with Crippen LogP contribution in [0.1, 0.15) is 20.3 Å². The average molecular weight is 283 g/mol. The van der Waals surface area contributed by atoms with E-state index < -0.39 is 0 Å². The van der Waals surface area contributed by atoms with Gasteiger partial charge in [0.2, 0.25) is 11.2 Å². The minimum absolute atomic E-state index is 0.0742. The number of halogens is 1. The number of nitrogens with zero attached hydrogens (tertiary/aromatic N) is 5. The molecule has 0 spiro atoms. The molecule has 8 heteroatoms. The Bertz CT molecular complexity index is 542. The summed E-state index contributed by atoms with van der Waals surface area (Å²) in [5.41, 5.74) is -0.346. The molecule has 19 heavy (non-hydrogen) atoms. The summed E-state index contributed by atoms with van der Waals surface area (Å²) in [4.78, 5) is 12.3. The first-order chi connectivity index (χ1) is 9.00. The van der Waals surface area contributed by atoms with E-state index in [-0.39, 0.29) is 17.4 Å². The van der Waals surface area contributed by atoms with Gasteiger partial charge in [0.25, 0.3) is 5.95 Å². The smallest absolute Gasteiger partial charge is 0.256 e. The van der Waals surface area contributed by atoms with Crippen molar-refractivity contribution in [2.45, 2.75) is 25.8 Å². The molecule has 0 aliphatic heterocycles. The van der Waals surface area contributed by atoms with E-state index in [1.807, 2.05) is 13.8 Å². The molecule has 0 aliphatic rings. The molecule has 7 nitrogen and oxygen atoms in total. The van der Waals surface area contributed by atoms with Crippen molar-refractivity contribution >= 4 is 17.5 Å². The Labute approximate surface area is 115 Å². The zero-order valence-corrected chi connectivity index (χ0v) is 11.5. The van der Waals surface area contributed by atoms with Crippen molar-refractivity contribution in [3.8, 4) is 5.95 Å². The fourth-order valence-electron chi connectivity index (χ4n) is 1.53. The molecule has 0 fully saturated rings. The maximum atomic E-state index is 9.01. The molecule has 2 rings (SSSR count). The lowest BCUT2D eigenvalue weighted by Crippen LogP contribution is -2.33. The van der Waals surface area contributed by atoms with E-state index in [9.17, 15) is 0 Å². The van der Waals surface area contributed by atoms with Crippen LogP contribution < -0.4 is 5.32 Å². The third-order valence-corrected chi connectivity index (χ3v) is 2.66. The lowest BCUT2D eigenvalue weighted by molar-refractivity contribution is 0.260. The maximum absolute atomic E-state index is 9.01. The summed E-state index contributed by atoms with van der Waals surface area (Å²) in [6, 6.07) is 1.76. The van der Waals surface area contributed by atoms with E-state index in [1.165, 1.54) is 4.68 Å². The van der Waals surface area contributed by atoms with Crippen molar-refractivity contribution in [2.75, 3.05) is 11.9 Å². The van der Waals surface area contributed by atoms with Crippen molar-refractivity contribution in [1.82, 2.24) is 24.7 Å². The molecule has 2 N–H and O–H groups in total. The summed E-state index contributed by atoms with van der Waals surface area (Å²) in [6.07, 6.45) is 3.90.